The first-order valence-electron chi connectivity index (χ1n) is 5.17. The van der Waals surface area contributed by atoms with Gasteiger partial charge in [0.1, 0.15) is 11.5 Å². The first kappa shape index (κ1) is 11.3. The van der Waals surface area contributed by atoms with E-state index in [-0.39, 0.29) is 5.69 Å². The van der Waals surface area contributed by atoms with Gasteiger partial charge >= 0.3 is 5.69 Å². The van der Waals surface area contributed by atoms with Gasteiger partial charge in [-0.3, -0.25) is 0 Å². The monoisotopic (exact) mass is 234 g/mol. The summed E-state index contributed by atoms with van der Waals surface area (Å²) in [6.45, 7) is 1.83. The summed E-state index contributed by atoms with van der Waals surface area (Å²) in [5, 5.41) is 0. The van der Waals surface area contributed by atoms with Crippen LogP contribution in [0.2, 0.25) is 0 Å². The summed E-state index contributed by atoms with van der Waals surface area (Å²) < 4.78 is 10.4. The average Bonchev–Trinajstić information content (AvgIpc) is 2.67. The first-order chi connectivity index (χ1) is 8.15. The fraction of sp³-hybridized carbons (Fsp3) is 0.250. The summed E-state index contributed by atoms with van der Waals surface area (Å²) in [7, 11) is 3.18. The van der Waals surface area contributed by atoms with Gasteiger partial charge in [-0.25, -0.2) is 4.79 Å². The molecule has 0 bridgehead atoms. The van der Waals surface area contributed by atoms with Crippen LogP contribution in [0.5, 0.6) is 11.5 Å². The minimum absolute atomic E-state index is 0.234. The Bertz CT molecular complexity index is 584. The zero-order valence-electron chi connectivity index (χ0n) is 9.96. The molecular weight excluding hydrogens is 220 g/mol. The molecule has 0 fully saturated rings. The van der Waals surface area contributed by atoms with E-state index in [9.17, 15) is 4.79 Å². The molecule has 0 amide bonds. The summed E-state index contributed by atoms with van der Waals surface area (Å²) in [4.78, 5) is 16.7. The number of H-pyrrole nitrogens is 2. The van der Waals surface area contributed by atoms with Crippen LogP contribution in [0.1, 0.15) is 5.69 Å². The number of benzene rings is 1. The Kier molecular flexibility index (Phi) is 2.91. The number of ether oxygens (including phenoxy) is 2. The Balaban J connectivity index is 2.63. The summed E-state index contributed by atoms with van der Waals surface area (Å²) in [5.41, 5.74) is 2.04. The van der Waals surface area contributed by atoms with Crippen LogP contribution in [0.3, 0.4) is 0 Å². The van der Waals surface area contributed by atoms with E-state index in [0.717, 1.165) is 11.3 Å². The summed E-state index contributed by atoms with van der Waals surface area (Å²) in [5.74, 6) is 1.39. The van der Waals surface area contributed by atoms with Gasteiger partial charge in [0.2, 0.25) is 0 Å². The number of hydrogen-bond donors (Lipinski definition) is 2. The van der Waals surface area contributed by atoms with Crippen molar-refractivity contribution in [3.05, 3.63) is 34.4 Å². The molecule has 2 N–H and O–H groups in total. The fourth-order valence-corrected chi connectivity index (χ4v) is 1.75. The fourth-order valence-electron chi connectivity index (χ4n) is 1.75. The van der Waals surface area contributed by atoms with E-state index in [1.165, 1.54) is 0 Å². The van der Waals surface area contributed by atoms with Gasteiger partial charge in [-0.1, -0.05) is 0 Å². The Morgan fingerprint density at radius 2 is 1.88 bits per heavy atom. The van der Waals surface area contributed by atoms with Crippen LogP contribution in [-0.2, 0) is 0 Å². The highest BCUT2D eigenvalue weighted by Crippen LogP contribution is 2.32. The van der Waals surface area contributed by atoms with Gasteiger partial charge in [0, 0.05) is 11.3 Å². The van der Waals surface area contributed by atoms with Crippen LogP contribution in [0, 0.1) is 6.92 Å². The topological polar surface area (TPSA) is 67.1 Å². The number of aryl methyl sites for hydroxylation is 1. The highest BCUT2D eigenvalue weighted by Gasteiger charge is 2.12. The number of hydrogen-bond acceptors (Lipinski definition) is 3. The second kappa shape index (κ2) is 4.37. The molecule has 0 aliphatic heterocycles. The zero-order valence-corrected chi connectivity index (χ0v) is 9.96. The van der Waals surface area contributed by atoms with Gasteiger partial charge < -0.3 is 19.4 Å². The molecule has 0 saturated carbocycles. The normalized spacial score (nSPS) is 10.3. The van der Waals surface area contributed by atoms with Gasteiger partial charge in [-0.15, -0.1) is 0 Å². The van der Waals surface area contributed by atoms with Crippen molar-refractivity contribution in [2.24, 2.45) is 0 Å². The SMILES string of the molecule is COc1ccc(OC)c(-c2[nH]c(=O)[nH]c2C)c1. The molecule has 0 spiro atoms. The van der Waals surface area contributed by atoms with Crippen LogP contribution >= 0.6 is 0 Å². The maximum Gasteiger partial charge on any atom is 0.323 e. The minimum Gasteiger partial charge on any atom is -0.497 e. The van der Waals surface area contributed by atoms with Crippen LogP contribution in [0.15, 0.2) is 23.0 Å². The third-order valence-corrected chi connectivity index (χ3v) is 2.59. The number of methoxy groups -OCH3 is 2. The molecule has 0 radical (unpaired) electrons. The van der Waals surface area contributed by atoms with Gasteiger partial charge in [-0.05, 0) is 25.1 Å². The van der Waals surface area contributed by atoms with Crippen LogP contribution in [-0.4, -0.2) is 24.2 Å². The van der Waals surface area contributed by atoms with Crippen molar-refractivity contribution >= 4 is 0 Å². The Labute approximate surface area is 98.4 Å². The molecule has 1 aromatic heterocycles. The summed E-state index contributed by atoms with van der Waals surface area (Å²) in [6, 6.07) is 5.44. The molecule has 1 heterocycles. The lowest BCUT2D eigenvalue weighted by Gasteiger charge is -2.09. The number of rotatable bonds is 3. The predicted octanol–water partition coefficient (Wildman–Crippen LogP) is 1.70. The lowest BCUT2D eigenvalue weighted by molar-refractivity contribution is 0.404. The van der Waals surface area contributed by atoms with E-state index in [0.29, 0.717) is 17.2 Å². The van der Waals surface area contributed by atoms with Gasteiger partial charge in [0.25, 0.3) is 0 Å². The molecule has 5 nitrogen and oxygen atoms in total. The molecule has 0 aliphatic rings. The van der Waals surface area contributed by atoms with E-state index >= 15 is 0 Å². The Hall–Kier alpha value is -2.17. The molecule has 5 heteroatoms. The van der Waals surface area contributed by atoms with Crippen molar-refractivity contribution in [2.75, 3.05) is 14.2 Å². The quantitative estimate of drug-likeness (QED) is 0.849. The van der Waals surface area contributed by atoms with Crippen molar-refractivity contribution in [3.63, 3.8) is 0 Å². The lowest BCUT2D eigenvalue weighted by Crippen LogP contribution is -2.00. The second-order valence-electron chi connectivity index (χ2n) is 3.65. The molecule has 0 unspecified atom stereocenters. The van der Waals surface area contributed by atoms with Gasteiger partial charge in [-0.2, -0.15) is 0 Å². The molecule has 90 valence electrons. The molecular formula is C12H14N2O3. The van der Waals surface area contributed by atoms with Crippen molar-refractivity contribution in [1.29, 1.82) is 0 Å². The Morgan fingerprint density at radius 1 is 1.12 bits per heavy atom. The molecule has 2 aromatic rings. The molecule has 1 aromatic carbocycles. The molecule has 0 aliphatic carbocycles. The maximum atomic E-state index is 11.3. The van der Waals surface area contributed by atoms with E-state index in [1.807, 2.05) is 19.1 Å². The maximum absolute atomic E-state index is 11.3. The highest BCUT2D eigenvalue weighted by molar-refractivity contribution is 5.70. The standard InChI is InChI=1S/C12H14N2O3/c1-7-11(14-12(15)13-7)9-6-8(16-2)4-5-10(9)17-3/h4-6H,1-3H3,(H2,13,14,15). The van der Waals surface area contributed by atoms with Crippen molar-refractivity contribution in [1.82, 2.24) is 9.97 Å². The van der Waals surface area contributed by atoms with E-state index in [2.05, 4.69) is 9.97 Å². The zero-order chi connectivity index (χ0) is 12.4. The third kappa shape index (κ3) is 2.04. The molecule has 0 atom stereocenters. The molecule has 0 saturated heterocycles. The smallest absolute Gasteiger partial charge is 0.323 e. The van der Waals surface area contributed by atoms with Crippen LogP contribution in [0.25, 0.3) is 11.3 Å². The predicted molar refractivity (Wildman–Crippen MR) is 64.7 cm³/mol. The highest BCUT2D eigenvalue weighted by atomic mass is 16.5. The largest absolute Gasteiger partial charge is 0.497 e. The Morgan fingerprint density at radius 3 is 2.41 bits per heavy atom. The van der Waals surface area contributed by atoms with E-state index < -0.39 is 0 Å². The summed E-state index contributed by atoms with van der Waals surface area (Å²) >= 11 is 0. The average molecular weight is 234 g/mol. The molecule has 17 heavy (non-hydrogen) atoms. The van der Waals surface area contributed by atoms with Gasteiger partial charge in [0.15, 0.2) is 0 Å². The van der Waals surface area contributed by atoms with Crippen molar-refractivity contribution < 1.29 is 9.47 Å². The van der Waals surface area contributed by atoms with E-state index in [1.54, 1.807) is 20.3 Å². The van der Waals surface area contributed by atoms with Crippen LogP contribution < -0.4 is 15.2 Å². The third-order valence-electron chi connectivity index (χ3n) is 2.59. The van der Waals surface area contributed by atoms with Crippen molar-refractivity contribution in [3.8, 4) is 22.8 Å². The van der Waals surface area contributed by atoms with Crippen LogP contribution in [0.4, 0.5) is 0 Å². The second-order valence-corrected chi connectivity index (χ2v) is 3.65. The summed E-state index contributed by atoms with van der Waals surface area (Å²) in [6.07, 6.45) is 0. The van der Waals surface area contributed by atoms with E-state index in [4.69, 9.17) is 9.47 Å². The lowest BCUT2D eigenvalue weighted by atomic mass is 10.1. The number of aromatic nitrogens is 2. The number of nitrogens with one attached hydrogen (secondary N) is 2. The molecule has 2 rings (SSSR count). The number of aromatic amines is 2. The van der Waals surface area contributed by atoms with Gasteiger partial charge in [0.05, 0.1) is 19.9 Å². The minimum atomic E-state index is -0.234. The number of imidazole rings is 1. The first-order valence-corrected chi connectivity index (χ1v) is 5.17. The van der Waals surface area contributed by atoms with Crippen molar-refractivity contribution in [2.45, 2.75) is 6.92 Å².